The second-order valence-electron chi connectivity index (χ2n) is 3.71. The van der Waals surface area contributed by atoms with E-state index in [1.807, 2.05) is 0 Å². The number of halogens is 1. The highest BCUT2D eigenvalue weighted by atomic mass is 35.5. The number of nitrogen functional groups attached to an aromatic ring is 1. The molecule has 1 rings (SSSR count). The minimum absolute atomic E-state index is 0.0694. The van der Waals surface area contributed by atoms with Crippen molar-refractivity contribution in [2.45, 2.75) is 17.7 Å². The summed E-state index contributed by atoms with van der Waals surface area (Å²) in [5.74, 6) is 0.0694. The molecule has 0 aliphatic carbocycles. The summed E-state index contributed by atoms with van der Waals surface area (Å²) in [5.41, 5.74) is 5.97. The van der Waals surface area contributed by atoms with Crippen molar-refractivity contribution in [1.82, 2.24) is 0 Å². The van der Waals surface area contributed by atoms with Crippen LogP contribution in [0.25, 0.3) is 0 Å². The van der Waals surface area contributed by atoms with Crippen LogP contribution < -0.4 is 5.73 Å². The van der Waals surface area contributed by atoms with Crippen molar-refractivity contribution < 1.29 is 13.2 Å². The number of ether oxygens (including phenoxy) is 1. The third kappa shape index (κ3) is 4.18. The van der Waals surface area contributed by atoms with Gasteiger partial charge in [0.25, 0.3) is 0 Å². The van der Waals surface area contributed by atoms with Crippen molar-refractivity contribution in [1.29, 1.82) is 0 Å². The molecule has 0 amide bonds. The minimum Gasteiger partial charge on any atom is -0.399 e. The summed E-state index contributed by atoms with van der Waals surface area (Å²) in [7, 11) is -1.74. The number of hydrogen-bond donors (Lipinski definition) is 1. The van der Waals surface area contributed by atoms with E-state index in [1.54, 1.807) is 7.11 Å². The average Bonchev–Trinajstić information content (AvgIpc) is 2.24. The smallest absolute Gasteiger partial charge is 0.179 e. The van der Waals surface area contributed by atoms with Gasteiger partial charge in [0, 0.05) is 19.4 Å². The van der Waals surface area contributed by atoms with Gasteiger partial charge in [-0.25, -0.2) is 8.42 Å². The van der Waals surface area contributed by atoms with Crippen LogP contribution in [0.4, 0.5) is 5.69 Å². The predicted octanol–water partition coefficient (Wildman–Crippen LogP) is 2.12. The Hall–Kier alpha value is -0.780. The van der Waals surface area contributed by atoms with Gasteiger partial charge in [-0.1, -0.05) is 11.6 Å². The molecule has 0 aromatic heterocycles. The molecule has 1 aromatic carbocycles. The minimum atomic E-state index is -3.33. The lowest BCUT2D eigenvalue weighted by Crippen LogP contribution is -2.08. The van der Waals surface area contributed by atoms with Gasteiger partial charge in [0.2, 0.25) is 0 Å². The van der Waals surface area contributed by atoms with E-state index in [-0.39, 0.29) is 15.7 Å². The van der Waals surface area contributed by atoms with Gasteiger partial charge >= 0.3 is 0 Å². The maximum absolute atomic E-state index is 12.0. The molecule has 6 heteroatoms. The first-order chi connectivity index (χ1) is 7.97. The van der Waals surface area contributed by atoms with Crippen LogP contribution in [-0.2, 0) is 14.6 Å². The van der Waals surface area contributed by atoms with E-state index in [1.165, 1.54) is 18.2 Å². The van der Waals surface area contributed by atoms with Gasteiger partial charge in [-0.3, -0.25) is 0 Å². The number of benzene rings is 1. The molecule has 0 saturated heterocycles. The normalized spacial score (nSPS) is 11.6. The van der Waals surface area contributed by atoms with Crippen LogP contribution in [0.3, 0.4) is 0 Å². The number of hydrogen-bond acceptors (Lipinski definition) is 4. The van der Waals surface area contributed by atoms with Crippen molar-refractivity contribution in [2.24, 2.45) is 0 Å². The molecule has 0 bridgehead atoms. The van der Waals surface area contributed by atoms with E-state index in [0.717, 1.165) is 0 Å². The quantitative estimate of drug-likeness (QED) is 0.639. The van der Waals surface area contributed by atoms with Gasteiger partial charge in [0.1, 0.15) is 0 Å². The molecule has 0 radical (unpaired) electrons. The van der Waals surface area contributed by atoms with Gasteiger partial charge in [-0.15, -0.1) is 0 Å². The SMILES string of the molecule is COCCCCS(=O)(=O)c1ccc(N)cc1Cl. The van der Waals surface area contributed by atoms with Gasteiger partial charge in [0.05, 0.1) is 15.7 Å². The highest BCUT2D eigenvalue weighted by Gasteiger charge is 2.17. The van der Waals surface area contributed by atoms with Crippen LogP contribution in [0.2, 0.25) is 5.02 Å². The maximum Gasteiger partial charge on any atom is 0.179 e. The van der Waals surface area contributed by atoms with Crippen LogP contribution in [0, 0.1) is 0 Å². The summed E-state index contributed by atoms with van der Waals surface area (Å²) in [5, 5.41) is 0.178. The Balaban J connectivity index is 2.76. The Morgan fingerprint density at radius 2 is 2.06 bits per heavy atom. The molecule has 0 heterocycles. The number of nitrogens with two attached hydrogens (primary N) is 1. The predicted molar refractivity (Wildman–Crippen MR) is 69.0 cm³/mol. The second-order valence-corrected chi connectivity index (χ2v) is 6.19. The summed E-state index contributed by atoms with van der Waals surface area (Å²) in [6.45, 7) is 0.561. The molecular formula is C11H16ClNO3S. The van der Waals surface area contributed by atoms with Crippen LogP contribution in [0.5, 0.6) is 0 Å². The molecule has 0 atom stereocenters. The largest absolute Gasteiger partial charge is 0.399 e. The van der Waals surface area contributed by atoms with Gasteiger partial charge in [-0.05, 0) is 31.0 Å². The Bertz CT molecular complexity index is 474. The Morgan fingerprint density at radius 1 is 1.35 bits per heavy atom. The fourth-order valence-corrected chi connectivity index (χ4v) is 3.39. The molecule has 96 valence electrons. The third-order valence-corrected chi connectivity index (χ3v) is 4.58. The summed E-state index contributed by atoms with van der Waals surface area (Å²) < 4.78 is 28.8. The molecule has 0 spiro atoms. The number of sulfone groups is 1. The molecule has 17 heavy (non-hydrogen) atoms. The fraction of sp³-hybridized carbons (Fsp3) is 0.455. The third-order valence-electron chi connectivity index (χ3n) is 2.30. The molecule has 0 aliphatic heterocycles. The average molecular weight is 278 g/mol. The van der Waals surface area contributed by atoms with Crippen LogP contribution in [0.15, 0.2) is 23.1 Å². The first-order valence-electron chi connectivity index (χ1n) is 5.24. The zero-order valence-electron chi connectivity index (χ0n) is 9.65. The maximum atomic E-state index is 12.0. The van der Waals surface area contributed by atoms with E-state index >= 15 is 0 Å². The van der Waals surface area contributed by atoms with Crippen LogP contribution in [0.1, 0.15) is 12.8 Å². The summed E-state index contributed by atoms with van der Waals surface area (Å²) in [6, 6.07) is 4.43. The Labute approximate surface area is 107 Å². The molecule has 0 aliphatic rings. The fourth-order valence-electron chi connectivity index (χ4n) is 1.42. The zero-order valence-corrected chi connectivity index (χ0v) is 11.2. The first-order valence-corrected chi connectivity index (χ1v) is 7.27. The topological polar surface area (TPSA) is 69.4 Å². The highest BCUT2D eigenvalue weighted by molar-refractivity contribution is 7.91. The summed E-state index contributed by atoms with van der Waals surface area (Å²) in [6.07, 6.45) is 1.26. The number of anilines is 1. The molecule has 1 aromatic rings. The summed E-state index contributed by atoms with van der Waals surface area (Å²) >= 11 is 5.87. The standard InChI is InChI=1S/C11H16ClNO3S/c1-16-6-2-3-7-17(14,15)11-5-4-9(13)8-10(11)12/h4-5,8H,2-3,6-7,13H2,1H3. The second kappa shape index (κ2) is 6.23. The number of unbranched alkanes of at least 4 members (excludes halogenated alkanes) is 1. The number of methoxy groups -OCH3 is 1. The lowest BCUT2D eigenvalue weighted by molar-refractivity contribution is 0.194. The molecule has 0 saturated carbocycles. The van der Waals surface area contributed by atoms with Crippen molar-refractivity contribution in [2.75, 3.05) is 25.2 Å². The molecular weight excluding hydrogens is 262 g/mol. The highest BCUT2D eigenvalue weighted by Crippen LogP contribution is 2.25. The van der Waals surface area contributed by atoms with E-state index < -0.39 is 9.84 Å². The van der Waals surface area contributed by atoms with Crippen molar-refractivity contribution in [3.63, 3.8) is 0 Å². The zero-order chi connectivity index (χ0) is 12.9. The van der Waals surface area contributed by atoms with Crippen molar-refractivity contribution in [3.05, 3.63) is 23.2 Å². The molecule has 0 unspecified atom stereocenters. The summed E-state index contributed by atoms with van der Waals surface area (Å²) in [4.78, 5) is 0.144. The van der Waals surface area contributed by atoms with Gasteiger partial charge < -0.3 is 10.5 Å². The number of rotatable bonds is 6. The van der Waals surface area contributed by atoms with E-state index in [0.29, 0.717) is 25.1 Å². The molecule has 0 fully saturated rings. The van der Waals surface area contributed by atoms with E-state index in [4.69, 9.17) is 22.1 Å². The monoisotopic (exact) mass is 277 g/mol. The van der Waals surface area contributed by atoms with Crippen molar-refractivity contribution >= 4 is 27.1 Å². The van der Waals surface area contributed by atoms with E-state index in [9.17, 15) is 8.42 Å². The lowest BCUT2D eigenvalue weighted by Gasteiger charge is -2.07. The van der Waals surface area contributed by atoms with E-state index in [2.05, 4.69) is 0 Å². The van der Waals surface area contributed by atoms with Crippen molar-refractivity contribution in [3.8, 4) is 0 Å². The Kier molecular flexibility index (Phi) is 5.24. The van der Waals surface area contributed by atoms with Crippen LogP contribution >= 0.6 is 11.6 Å². The molecule has 4 nitrogen and oxygen atoms in total. The Morgan fingerprint density at radius 3 is 2.65 bits per heavy atom. The lowest BCUT2D eigenvalue weighted by atomic mass is 10.3. The first kappa shape index (κ1) is 14.3. The van der Waals surface area contributed by atoms with Crippen LogP contribution in [-0.4, -0.2) is 27.9 Å². The van der Waals surface area contributed by atoms with Gasteiger partial charge in [0.15, 0.2) is 9.84 Å². The van der Waals surface area contributed by atoms with Gasteiger partial charge in [-0.2, -0.15) is 0 Å². The molecule has 2 N–H and O–H groups in total.